The molecular formula is C8H7IN2O. The Morgan fingerprint density at radius 2 is 2.33 bits per heavy atom. The highest BCUT2D eigenvalue weighted by molar-refractivity contribution is 14.1. The lowest BCUT2D eigenvalue weighted by molar-refractivity contribution is 0.419. The van der Waals surface area contributed by atoms with Crippen LogP contribution in [0.15, 0.2) is 18.2 Å². The normalized spacial score (nSPS) is 10.5. The van der Waals surface area contributed by atoms with E-state index >= 15 is 0 Å². The van der Waals surface area contributed by atoms with Gasteiger partial charge in [0.1, 0.15) is 9.45 Å². The minimum absolute atomic E-state index is 0.866. The number of rotatable bonds is 1. The van der Waals surface area contributed by atoms with E-state index in [-0.39, 0.29) is 0 Å². The monoisotopic (exact) mass is 274 g/mol. The van der Waals surface area contributed by atoms with Gasteiger partial charge in [-0.3, -0.25) is 5.10 Å². The largest absolute Gasteiger partial charge is 0.496 e. The molecule has 0 unspecified atom stereocenters. The second-order valence-electron chi connectivity index (χ2n) is 2.40. The van der Waals surface area contributed by atoms with E-state index in [4.69, 9.17) is 4.74 Å². The zero-order valence-electron chi connectivity index (χ0n) is 6.47. The van der Waals surface area contributed by atoms with Crippen molar-refractivity contribution >= 4 is 33.5 Å². The highest BCUT2D eigenvalue weighted by Crippen LogP contribution is 2.27. The lowest BCUT2D eigenvalue weighted by atomic mass is 10.2. The standard InChI is InChI=1S/C8H7IN2O/c1-12-6-4-2-3-5-7(6)8(9)11-10-5/h2-4H,1H3,(H,10,11). The number of nitrogens with one attached hydrogen (secondary N) is 1. The van der Waals surface area contributed by atoms with E-state index in [0.29, 0.717) is 0 Å². The average molecular weight is 274 g/mol. The van der Waals surface area contributed by atoms with Crippen LogP contribution in [0.4, 0.5) is 0 Å². The van der Waals surface area contributed by atoms with Crippen LogP contribution in [0.5, 0.6) is 5.75 Å². The molecule has 0 amide bonds. The van der Waals surface area contributed by atoms with Gasteiger partial charge in [0.2, 0.25) is 0 Å². The van der Waals surface area contributed by atoms with E-state index < -0.39 is 0 Å². The van der Waals surface area contributed by atoms with Crippen molar-refractivity contribution in [3.8, 4) is 5.75 Å². The topological polar surface area (TPSA) is 37.9 Å². The molecule has 0 bridgehead atoms. The number of nitrogens with zero attached hydrogens (tertiary/aromatic N) is 1. The van der Waals surface area contributed by atoms with Crippen molar-refractivity contribution in [1.29, 1.82) is 0 Å². The first-order valence-electron chi connectivity index (χ1n) is 3.49. The molecule has 1 heterocycles. The number of hydrogen-bond acceptors (Lipinski definition) is 2. The van der Waals surface area contributed by atoms with Crippen molar-refractivity contribution in [3.05, 3.63) is 21.9 Å². The summed E-state index contributed by atoms with van der Waals surface area (Å²) in [6, 6.07) is 5.85. The second-order valence-corrected chi connectivity index (χ2v) is 3.42. The van der Waals surface area contributed by atoms with E-state index in [1.807, 2.05) is 18.2 Å². The zero-order chi connectivity index (χ0) is 8.55. The molecule has 2 rings (SSSR count). The van der Waals surface area contributed by atoms with Gasteiger partial charge in [0.05, 0.1) is 18.0 Å². The number of benzene rings is 1. The van der Waals surface area contributed by atoms with Crippen molar-refractivity contribution in [1.82, 2.24) is 10.2 Å². The quantitative estimate of drug-likeness (QED) is 0.809. The Balaban J connectivity index is 2.84. The van der Waals surface area contributed by atoms with Crippen LogP contribution < -0.4 is 4.74 Å². The Morgan fingerprint density at radius 1 is 1.50 bits per heavy atom. The fourth-order valence-corrected chi connectivity index (χ4v) is 1.85. The van der Waals surface area contributed by atoms with Gasteiger partial charge in [-0.25, -0.2) is 0 Å². The number of aromatic nitrogens is 2. The summed E-state index contributed by atoms with van der Waals surface area (Å²) in [5.41, 5.74) is 1.01. The van der Waals surface area contributed by atoms with Crippen LogP contribution in [0.2, 0.25) is 0 Å². The molecular weight excluding hydrogens is 267 g/mol. The Bertz CT molecular complexity index is 410. The lowest BCUT2D eigenvalue weighted by Crippen LogP contribution is -1.83. The van der Waals surface area contributed by atoms with E-state index in [1.165, 1.54) is 0 Å². The maximum atomic E-state index is 5.20. The molecule has 1 N–H and O–H groups in total. The fourth-order valence-electron chi connectivity index (χ4n) is 1.17. The van der Waals surface area contributed by atoms with Gasteiger partial charge < -0.3 is 4.74 Å². The SMILES string of the molecule is COc1cccc2[nH]nc(I)c12. The van der Waals surface area contributed by atoms with Gasteiger partial charge in [-0.1, -0.05) is 6.07 Å². The number of ether oxygens (including phenoxy) is 1. The molecule has 62 valence electrons. The molecule has 1 aromatic heterocycles. The Kier molecular flexibility index (Phi) is 1.92. The molecule has 0 saturated heterocycles. The van der Waals surface area contributed by atoms with E-state index in [1.54, 1.807) is 7.11 Å². The lowest BCUT2D eigenvalue weighted by Gasteiger charge is -1.99. The number of aromatic amines is 1. The maximum Gasteiger partial charge on any atom is 0.134 e. The van der Waals surface area contributed by atoms with E-state index in [0.717, 1.165) is 20.4 Å². The first kappa shape index (κ1) is 7.85. The smallest absolute Gasteiger partial charge is 0.134 e. The van der Waals surface area contributed by atoms with Crippen LogP contribution >= 0.6 is 22.6 Å². The van der Waals surface area contributed by atoms with Crippen molar-refractivity contribution in [2.75, 3.05) is 7.11 Å². The molecule has 0 aliphatic carbocycles. The Hall–Kier alpha value is -0.780. The highest BCUT2D eigenvalue weighted by Gasteiger charge is 2.06. The molecule has 2 aromatic rings. The average Bonchev–Trinajstić information content (AvgIpc) is 2.48. The summed E-state index contributed by atoms with van der Waals surface area (Å²) >= 11 is 2.18. The third-order valence-corrected chi connectivity index (χ3v) is 2.51. The molecule has 12 heavy (non-hydrogen) atoms. The predicted octanol–water partition coefficient (Wildman–Crippen LogP) is 2.18. The van der Waals surface area contributed by atoms with E-state index in [9.17, 15) is 0 Å². The zero-order valence-corrected chi connectivity index (χ0v) is 8.62. The minimum Gasteiger partial charge on any atom is -0.496 e. The first-order chi connectivity index (χ1) is 5.83. The van der Waals surface area contributed by atoms with Gasteiger partial charge in [-0.2, -0.15) is 5.10 Å². The van der Waals surface area contributed by atoms with Gasteiger partial charge in [0, 0.05) is 0 Å². The molecule has 0 atom stereocenters. The molecule has 0 saturated carbocycles. The number of fused-ring (bicyclic) bond motifs is 1. The van der Waals surface area contributed by atoms with Gasteiger partial charge in [-0.15, -0.1) is 0 Å². The van der Waals surface area contributed by atoms with Crippen LogP contribution in [0.1, 0.15) is 0 Å². The molecule has 0 spiro atoms. The summed E-state index contributed by atoms with van der Waals surface area (Å²) in [6.45, 7) is 0. The second kappa shape index (κ2) is 2.93. The number of halogens is 1. The van der Waals surface area contributed by atoms with Crippen LogP contribution in [0.3, 0.4) is 0 Å². The fraction of sp³-hybridized carbons (Fsp3) is 0.125. The minimum atomic E-state index is 0.866. The number of methoxy groups -OCH3 is 1. The van der Waals surface area contributed by atoms with Crippen molar-refractivity contribution in [3.63, 3.8) is 0 Å². The van der Waals surface area contributed by atoms with Gasteiger partial charge in [-0.05, 0) is 34.7 Å². The van der Waals surface area contributed by atoms with Crippen molar-refractivity contribution in [2.24, 2.45) is 0 Å². The summed E-state index contributed by atoms with van der Waals surface area (Å²) in [5.74, 6) is 0.866. The Morgan fingerprint density at radius 3 is 3.08 bits per heavy atom. The maximum absolute atomic E-state index is 5.20. The van der Waals surface area contributed by atoms with Crippen LogP contribution in [0.25, 0.3) is 10.9 Å². The third-order valence-electron chi connectivity index (χ3n) is 1.73. The Labute approximate surface area is 83.3 Å². The van der Waals surface area contributed by atoms with Gasteiger partial charge >= 0.3 is 0 Å². The van der Waals surface area contributed by atoms with Gasteiger partial charge in [0.15, 0.2) is 0 Å². The predicted molar refractivity (Wildman–Crippen MR) is 55.4 cm³/mol. The molecule has 1 aromatic carbocycles. The number of hydrogen-bond donors (Lipinski definition) is 1. The molecule has 0 aliphatic heterocycles. The molecule has 0 radical (unpaired) electrons. The summed E-state index contributed by atoms with van der Waals surface area (Å²) < 4.78 is 6.15. The summed E-state index contributed by atoms with van der Waals surface area (Å²) in [6.07, 6.45) is 0. The summed E-state index contributed by atoms with van der Waals surface area (Å²) in [7, 11) is 1.66. The summed E-state index contributed by atoms with van der Waals surface area (Å²) in [4.78, 5) is 0. The highest BCUT2D eigenvalue weighted by atomic mass is 127. The number of H-pyrrole nitrogens is 1. The molecule has 4 heteroatoms. The first-order valence-corrected chi connectivity index (χ1v) is 4.57. The van der Waals surface area contributed by atoms with Crippen molar-refractivity contribution in [2.45, 2.75) is 0 Å². The van der Waals surface area contributed by atoms with E-state index in [2.05, 4.69) is 32.8 Å². The molecule has 0 fully saturated rings. The molecule has 0 aliphatic rings. The molecule has 3 nitrogen and oxygen atoms in total. The van der Waals surface area contributed by atoms with Crippen LogP contribution in [-0.2, 0) is 0 Å². The summed E-state index contributed by atoms with van der Waals surface area (Å²) in [5, 5.41) is 8.07. The van der Waals surface area contributed by atoms with Gasteiger partial charge in [0.25, 0.3) is 0 Å². The third kappa shape index (κ3) is 1.06. The van der Waals surface area contributed by atoms with Crippen LogP contribution in [0, 0.1) is 3.70 Å². The van der Waals surface area contributed by atoms with Crippen molar-refractivity contribution < 1.29 is 4.74 Å². The van der Waals surface area contributed by atoms with Crippen LogP contribution in [-0.4, -0.2) is 17.3 Å².